The molecule has 1 atom stereocenters. The molecular weight excluding hydrogens is 444 g/mol. The molecule has 0 bridgehead atoms. The van der Waals surface area contributed by atoms with E-state index in [9.17, 15) is 22.8 Å². The Morgan fingerprint density at radius 3 is 2.52 bits per heavy atom. The molecule has 9 nitrogen and oxygen atoms in total. The number of sulfonamides is 1. The molecule has 2 fully saturated rings. The number of carbonyl (C=O) groups is 3. The van der Waals surface area contributed by atoms with Gasteiger partial charge in [0.2, 0.25) is 27.7 Å². The number of nitrogens with one attached hydrogen (secondary N) is 1. The summed E-state index contributed by atoms with van der Waals surface area (Å²) in [4.78, 5) is 40.4. The largest absolute Gasteiger partial charge is 0.354 e. The Bertz CT molecular complexity index is 1040. The molecule has 1 unspecified atom stereocenters. The first-order valence-electron chi connectivity index (χ1n) is 11.8. The van der Waals surface area contributed by atoms with Crippen LogP contribution in [0, 0.1) is 0 Å². The Labute approximate surface area is 195 Å². The van der Waals surface area contributed by atoms with Gasteiger partial charge in [-0.05, 0) is 49.4 Å². The fourth-order valence-electron chi connectivity index (χ4n) is 4.98. The molecule has 3 amide bonds. The molecule has 10 heteroatoms. The van der Waals surface area contributed by atoms with E-state index in [0.717, 1.165) is 32.2 Å². The minimum absolute atomic E-state index is 0.158. The minimum Gasteiger partial charge on any atom is -0.354 e. The number of piperidine rings is 1. The first kappa shape index (κ1) is 23.7. The lowest BCUT2D eigenvalue weighted by molar-refractivity contribution is -0.127. The van der Waals surface area contributed by atoms with E-state index in [2.05, 4.69) is 5.32 Å². The van der Waals surface area contributed by atoms with Gasteiger partial charge in [0.25, 0.3) is 0 Å². The standard InChI is InChI=1S/C23H32N4O5S/c1-17(28)27-20-9-8-19(33(31,32)26-13-3-2-4-14-26)15-18(20)16-21(27)23(30)24-10-6-12-25-11-5-7-22(25)29/h8-9,15,21H,2-7,10-14,16H2,1H3,(H,24,30). The van der Waals surface area contributed by atoms with Crippen molar-refractivity contribution in [2.45, 2.75) is 62.8 Å². The van der Waals surface area contributed by atoms with Gasteiger partial charge in [-0.3, -0.25) is 19.3 Å². The minimum atomic E-state index is -3.59. The van der Waals surface area contributed by atoms with Crippen LogP contribution in [0.15, 0.2) is 23.1 Å². The van der Waals surface area contributed by atoms with Gasteiger partial charge in [-0.1, -0.05) is 6.42 Å². The van der Waals surface area contributed by atoms with E-state index < -0.39 is 16.1 Å². The molecule has 33 heavy (non-hydrogen) atoms. The van der Waals surface area contributed by atoms with Gasteiger partial charge >= 0.3 is 0 Å². The van der Waals surface area contributed by atoms with Crippen LogP contribution in [0.25, 0.3) is 0 Å². The maximum absolute atomic E-state index is 13.1. The average Bonchev–Trinajstić information content (AvgIpc) is 3.40. The fourth-order valence-corrected chi connectivity index (χ4v) is 6.55. The number of hydrogen-bond acceptors (Lipinski definition) is 5. The molecule has 0 radical (unpaired) electrons. The van der Waals surface area contributed by atoms with Crippen molar-refractivity contribution in [1.29, 1.82) is 0 Å². The number of anilines is 1. The molecule has 1 N–H and O–H groups in total. The smallest absolute Gasteiger partial charge is 0.243 e. The predicted octanol–water partition coefficient (Wildman–Crippen LogP) is 1.27. The van der Waals surface area contributed by atoms with Crippen molar-refractivity contribution < 1.29 is 22.8 Å². The molecule has 2 saturated heterocycles. The lowest BCUT2D eigenvalue weighted by Gasteiger charge is -2.26. The van der Waals surface area contributed by atoms with Crippen LogP contribution in [0.3, 0.4) is 0 Å². The van der Waals surface area contributed by atoms with E-state index in [1.165, 1.54) is 22.2 Å². The average molecular weight is 477 g/mol. The highest BCUT2D eigenvalue weighted by atomic mass is 32.2. The third kappa shape index (κ3) is 4.91. The summed E-state index contributed by atoms with van der Waals surface area (Å²) in [6, 6.07) is 4.08. The number of carbonyl (C=O) groups excluding carboxylic acids is 3. The van der Waals surface area contributed by atoms with E-state index in [1.54, 1.807) is 12.1 Å². The number of rotatable bonds is 7. The summed E-state index contributed by atoms with van der Waals surface area (Å²) < 4.78 is 27.6. The highest BCUT2D eigenvalue weighted by Crippen LogP contribution is 2.35. The van der Waals surface area contributed by atoms with Crippen molar-refractivity contribution in [2.75, 3.05) is 37.6 Å². The van der Waals surface area contributed by atoms with Crippen molar-refractivity contribution in [2.24, 2.45) is 0 Å². The zero-order chi connectivity index (χ0) is 23.6. The second-order valence-electron chi connectivity index (χ2n) is 8.99. The number of likely N-dealkylation sites (tertiary alicyclic amines) is 1. The lowest BCUT2D eigenvalue weighted by Crippen LogP contribution is -2.47. The predicted molar refractivity (Wildman–Crippen MR) is 123 cm³/mol. The molecule has 3 heterocycles. The summed E-state index contributed by atoms with van der Waals surface area (Å²) in [5.41, 5.74) is 1.27. The Kier molecular flexibility index (Phi) is 7.04. The summed E-state index contributed by atoms with van der Waals surface area (Å²) in [6.07, 6.45) is 5.15. The molecule has 3 aliphatic heterocycles. The number of benzene rings is 1. The van der Waals surface area contributed by atoms with Gasteiger partial charge in [0.05, 0.1) is 4.90 Å². The Balaban J connectivity index is 1.43. The molecule has 4 rings (SSSR count). The van der Waals surface area contributed by atoms with E-state index >= 15 is 0 Å². The Morgan fingerprint density at radius 1 is 1.09 bits per heavy atom. The quantitative estimate of drug-likeness (QED) is 0.597. The lowest BCUT2D eigenvalue weighted by atomic mass is 10.1. The zero-order valence-electron chi connectivity index (χ0n) is 19.1. The van der Waals surface area contributed by atoms with Crippen LogP contribution in [0.4, 0.5) is 5.69 Å². The highest BCUT2D eigenvalue weighted by Gasteiger charge is 2.38. The van der Waals surface area contributed by atoms with Gasteiger partial charge in [-0.2, -0.15) is 4.31 Å². The molecule has 0 aromatic heterocycles. The number of fused-ring (bicyclic) bond motifs is 1. The van der Waals surface area contributed by atoms with Crippen LogP contribution in [-0.2, 0) is 30.8 Å². The first-order chi connectivity index (χ1) is 15.8. The van der Waals surface area contributed by atoms with E-state index in [-0.39, 0.29) is 29.0 Å². The van der Waals surface area contributed by atoms with Crippen LogP contribution in [-0.4, -0.2) is 74.1 Å². The van der Waals surface area contributed by atoms with E-state index in [4.69, 9.17) is 0 Å². The van der Waals surface area contributed by atoms with Crippen LogP contribution in [0.2, 0.25) is 0 Å². The molecule has 180 valence electrons. The van der Waals surface area contributed by atoms with Gasteiger partial charge in [0.1, 0.15) is 6.04 Å². The summed E-state index contributed by atoms with van der Waals surface area (Å²) in [5.74, 6) is -0.372. The molecule has 1 aromatic rings. The normalized spacial score (nSPS) is 21.4. The monoisotopic (exact) mass is 476 g/mol. The van der Waals surface area contributed by atoms with Crippen LogP contribution >= 0.6 is 0 Å². The Morgan fingerprint density at radius 2 is 1.85 bits per heavy atom. The molecule has 0 spiro atoms. The van der Waals surface area contributed by atoms with E-state index in [1.807, 2.05) is 4.90 Å². The second kappa shape index (κ2) is 9.80. The van der Waals surface area contributed by atoms with Crippen molar-refractivity contribution >= 4 is 33.4 Å². The number of nitrogens with zero attached hydrogens (tertiary/aromatic N) is 3. The maximum Gasteiger partial charge on any atom is 0.243 e. The molecule has 0 aliphatic carbocycles. The van der Waals surface area contributed by atoms with Gasteiger partial charge in [-0.25, -0.2) is 8.42 Å². The third-order valence-electron chi connectivity index (χ3n) is 6.71. The molecule has 0 saturated carbocycles. The molecular formula is C23H32N4O5S. The fraction of sp³-hybridized carbons (Fsp3) is 0.609. The third-order valence-corrected chi connectivity index (χ3v) is 8.60. The van der Waals surface area contributed by atoms with Crippen molar-refractivity contribution in [3.63, 3.8) is 0 Å². The summed E-state index contributed by atoms with van der Waals surface area (Å²) >= 11 is 0. The summed E-state index contributed by atoms with van der Waals surface area (Å²) in [6.45, 7) is 4.24. The maximum atomic E-state index is 13.1. The van der Waals surface area contributed by atoms with E-state index in [0.29, 0.717) is 50.3 Å². The highest BCUT2D eigenvalue weighted by molar-refractivity contribution is 7.89. The Hall–Kier alpha value is -2.46. The molecule has 3 aliphatic rings. The topological polar surface area (TPSA) is 107 Å². The summed E-state index contributed by atoms with van der Waals surface area (Å²) in [5, 5.41) is 2.88. The summed E-state index contributed by atoms with van der Waals surface area (Å²) in [7, 11) is -3.59. The van der Waals surface area contributed by atoms with Gasteiger partial charge < -0.3 is 10.2 Å². The van der Waals surface area contributed by atoms with Gasteiger partial charge in [-0.15, -0.1) is 0 Å². The number of hydrogen-bond donors (Lipinski definition) is 1. The first-order valence-corrected chi connectivity index (χ1v) is 13.2. The zero-order valence-corrected chi connectivity index (χ0v) is 19.9. The van der Waals surface area contributed by atoms with Crippen LogP contribution in [0.1, 0.15) is 51.0 Å². The van der Waals surface area contributed by atoms with Crippen molar-refractivity contribution in [3.05, 3.63) is 23.8 Å². The van der Waals surface area contributed by atoms with Crippen molar-refractivity contribution in [1.82, 2.24) is 14.5 Å². The SMILES string of the molecule is CC(=O)N1c2ccc(S(=O)(=O)N3CCCCC3)cc2CC1C(=O)NCCCN1CCCC1=O. The van der Waals surface area contributed by atoms with Crippen molar-refractivity contribution in [3.8, 4) is 0 Å². The van der Waals surface area contributed by atoms with Crippen LogP contribution in [0.5, 0.6) is 0 Å². The number of amides is 3. The second-order valence-corrected chi connectivity index (χ2v) is 10.9. The molecule has 1 aromatic carbocycles. The van der Waals surface area contributed by atoms with Crippen LogP contribution < -0.4 is 10.2 Å². The van der Waals surface area contributed by atoms with Gasteiger partial charge in [0.15, 0.2) is 0 Å². The van der Waals surface area contributed by atoms with Gasteiger partial charge in [0, 0.05) is 58.2 Å².